The first-order chi connectivity index (χ1) is 5.22. The zero-order chi connectivity index (χ0) is 8.27. The summed E-state index contributed by atoms with van der Waals surface area (Å²) in [6.07, 6.45) is 0. The number of aliphatic hydroxyl groups is 1. The van der Waals surface area contributed by atoms with Crippen LogP contribution < -0.4 is 4.74 Å². The lowest BCUT2D eigenvalue weighted by atomic mass is 10.7. The molecule has 5 heteroatoms. The zero-order valence-electron chi connectivity index (χ0n) is 5.90. The topological polar surface area (TPSA) is 59.4 Å². The summed E-state index contributed by atoms with van der Waals surface area (Å²) < 4.78 is 4.65. The number of nitrogens with zero attached hydrogens (tertiary/aromatic N) is 1. The fraction of sp³-hybridized carbons (Fsp3) is 0.333. The Bertz CT molecular complexity index is 258. The Morgan fingerprint density at radius 2 is 2.64 bits per heavy atom. The standard InChI is InChI=1S/C6H7NO3S/c1-4(9)10-5-3-11-6(2-8)7-5/h3,8H,2H2,1H3. The van der Waals surface area contributed by atoms with Gasteiger partial charge in [0.25, 0.3) is 0 Å². The maximum absolute atomic E-state index is 10.4. The summed E-state index contributed by atoms with van der Waals surface area (Å²) >= 11 is 1.25. The van der Waals surface area contributed by atoms with E-state index in [4.69, 9.17) is 5.11 Å². The Morgan fingerprint density at radius 1 is 1.91 bits per heavy atom. The van der Waals surface area contributed by atoms with E-state index in [0.717, 1.165) is 0 Å². The lowest BCUT2D eigenvalue weighted by Gasteiger charge is -1.91. The van der Waals surface area contributed by atoms with Crippen LogP contribution >= 0.6 is 11.3 Å². The zero-order valence-corrected chi connectivity index (χ0v) is 6.72. The molecule has 1 N–H and O–H groups in total. The fourth-order valence-electron chi connectivity index (χ4n) is 0.561. The van der Waals surface area contributed by atoms with E-state index in [1.807, 2.05) is 0 Å². The Balaban J connectivity index is 2.65. The maximum atomic E-state index is 10.4. The molecule has 60 valence electrons. The average Bonchev–Trinajstić information content (AvgIpc) is 2.34. The number of aromatic nitrogens is 1. The molecule has 0 fully saturated rings. The molecule has 0 aromatic carbocycles. The Hall–Kier alpha value is -0.940. The number of esters is 1. The van der Waals surface area contributed by atoms with E-state index in [1.165, 1.54) is 18.3 Å². The first kappa shape index (κ1) is 8.16. The molecule has 0 aliphatic rings. The minimum Gasteiger partial charge on any atom is -0.407 e. The Morgan fingerprint density at radius 3 is 3.09 bits per heavy atom. The van der Waals surface area contributed by atoms with Gasteiger partial charge in [0.1, 0.15) is 5.01 Å². The first-order valence-electron chi connectivity index (χ1n) is 2.96. The van der Waals surface area contributed by atoms with Gasteiger partial charge in [-0.15, -0.1) is 11.3 Å². The van der Waals surface area contributed by atoms with Gasteiger partial charge in [0, 0.05) is 6.92 Å². The minimum atomic E-state index is -0.403. The van der Waals surface area contributed by atoms with Gasteiger partial charge in [0.15, 0.2) is 0 Å². The van der Waals surface area contributed by atoms with Crippen molar-refractivity contribution in [3.05, 3.63) is 10.4 Å². The Kier molecular flexibility index (Phi) is 2.56. The first-order valence-corrected chi connectivity index (χ1v) is 3.84. The summed E-state index contributed by atoms with van der Waals surface area (Å²) in [5.41, 5.74) is 0. The molecule has 0 radical (unpaired) electrons. The number of aliphatic hydroxyl groups excluding tert-OH is 1. The third-order valence-electron chi connectivity index (χ3n) is 0.914. The van der Waals surface area contributed by atoms with E-state index >= 15 is 0 Å². The van der Waals surface area contributed by atoms with Crippen LogP contribution in [0.1, 0.15) is 11.9 Å². The molecule has 0 amide bonds. The summed E-state index contributed by atoms with van der Waals surface area (Å²) in [5.74, 6) is -0.147. The molecule has 1 heterocycles. The highest BCUT2D eigenvalue weighted by atomic mass is 32.1. The second kappa shape index (κ2) is 3.45. The van der Waals surface area contributed by atoms with Gasteiger partial charge in [-0.2, -0.15) is 0 Å². The number of hydrogen-bond acceptors (Lipinski definition) is 5. The number of rotatable bonds is 2. The number of carbonyl (C=O) groups is 1. The van der Waals surface area contributed by atoms with Gasteiger partial charge in [-0.3, -0.25) is 4.79 Å². The monoisotopic (exact) mass is 173 g/mol. The van der Waals surface area contributed by atoms with Gasteiger partial charge < -0.3 is 9.84 Å². The van der Waals surface area contributed by atoms with Gasteiger partial charge in [-0.25, -0.2) is 4.98 Å². The van der Waals surface area contributed by atoms with Crippen LogP contribution in [0.4, 0.5) is 0 Å². The van der Waals surface area contributed by atoms with E-state index < -0.39 is 5.97 Å². The third kappa shape index (κ3) is 2.28. The van der Waals surface area contributed by atoms with Crippen LogP contribution in [-0.4, -0.2) is 16.1 Å². The van der Waals surface area contributed by atoms with Crippen LogP contribution in [0.2, 0.25) is 0 Å². The Labute approximate surface area is 67.5 Å². The van der Waals surface area contributed by atoms with Gasteiger partial charge in [0.2, 0.25) is 5.88 Å². The molecule has 0 bridgehead atoms. The van der Waals surface area contributed by atoms with Crippen LogP contribution in [0.5, 0.6) is 5.88 Å². The molecule has 1 aromatic heterocycles. The van der Waals surface area contributed by atoms with Gasteiger partial charge in [-0.05, 0) is 0 Å². The molecule has 1 rings (SSSR count). The highest BCUT2D eigenvalue weighted by Gasteiger charge is 2.02. The predicted molar refractivity (Wildman–Crippen MR) is 39.3 cm³/mol. The minimum absolute atomic E-state index is 0.119. The number of thiazole rings is 1. The molecule has 4 nitrogen and oxygen atoms in total. The van der Waals surface area contributed by atoms with Crippen molar-refractivity contribution in [2.45, 2.75) is 13.5 Å². The van der Waals surface area contributed by atoms with Crippen molar-refractivity contribution in [2.24, 2.45) is 0 Å². The maximum Gasteiger partial charge on any atom is 0.309 e. The van der Waals surface area contributed by atoms with Gasteiger partial charge in [0.05, 0.1) is 12.0 Å². The van der Waals surface area contributed by atoms with Crippen molar-refractivity contribution >= 4 is 17.3 Å². The molecule has 1 aromatic rings. The van der Waals surface area contributed by atoms with Crippen LogP contribution in [0.25, 0.3) is 0 Å². The summed E-state index contributed by atoms with van der Waals surface area (Å²) in [5, 5.41) is 10.7. The summed E-state index contributed by atoms with van der Waals surface area (Å²) in [6, 6.07) is 0. The average molecular weight is 173 g/mol. The van der Waals surface area contributed by atoms with E-state index in [-0.39, 0.29) is 12.5 Å². The normalized spacial score (nSPS) is 9.64. The summed E-state index contributed by atoms with van der Waals surface area (Å²) in [4.78, 5) is 14.2. The quantitative estimate of drug-likeness (QED) is 0.664. The van der Waals surface area contributed by atoms with Crippen molar-refractivity contribution in [3.8, 4) is 5.88 Å². The van der Waals surface area contributed by atoms with Crippen molar-refractivity contribution in [3.63, 3.8) is 0 Å². The van der Waals surface area contributed by atoms with E-state index in [2.05, 4.69) is 9.72 Å². The molecule has 0 saturated heterocycles. The number of carbonyl (C=O) groups excluding carboxylic acids is 1. The molecule has 11 heavy (non-hydrogen) atoms. The number of ether oxygens (including phenoxy) is 1. The van der Waals surface area contributed by atoms with Crippen LogP contribution in [0.15, 0.2) is 5.38 Å². The highest BCUT2D eigenvalue weighted by Crippen LogP contribution is 2.15. The number of hydrogen-bond donors (Lipinski definition) is 1. The van der Waals surface area contributed by atoms with E-state index in [0.29, 0.717) is 5.01 Å². The van der Waals surface area contributed by atoms with Crippen molar-refractivity contribution in [1.82, 2.24) is 4.98 Å². The molecule has 0 atom stereocenters. The second-order valence-electron chi connectivity index (χ2n) is 1.83. The van der Waals surface area contributed by atoms with Crippen molar-refractivity contribution < 1.29 is 14.6 Å². The van der Waals surface area contributed by atoms with Crippen LogP contribution in [0.3, 0.4) is 0 Å². The lowest BCUT2D eigenvalue weighted by Crippen LogP contribution is -2.01. The highest BCUT2D eigenvalue weighted by molar-refractivity contribution is 7.09. The summed E-state index contributed by atoms with van der Waals surface area (Å²) in [7, 11) is 0. The van der Waals surface area contributed by atoms with Gasteiger partial charge >= 0.3 is 5.97 Å². The molecular formula is C6H7NO3S. The predicted octanol–water partition coefficient (Wildman–Crippen LogP) is 0.561. The summed E-state index contributed by atoms with van der Waals surface area (Å²) in [6.45, 7) is 1.18. The fourth-order valence-corrected chi connectivity index (χ4v) is 1.12. The van der Waals surface area contributed by atoms with Crippen LogP contribution in [-0.2, 0) is 11.4 Å². The SMILES string of the molecule is CC(=O)Oc1csc(CO)n1. The van der Waals surface area contributed by atoms with Crippen LogP contribution in [0, 0.1) is 0 Å². The van der Waals surface area contributed by atoms with Gasteiger partial charge in [-0.1, -0.05) is 0 Å². The lowest BCUT2D eigenvalue weighted by molar-refractivity contribution is -0.132. The van der Waals surface area contributed by atoms with E-state index in [1.54, 1.807) is 5.38 Å². The van der Waals surface area contributed by atoms with Crippen molar-refractivity contribution in [2.75, 3.05) is 0 Å². The molecule has 0 spiro atoms. The molecule has 0 aliphatic heterocycles. The molecule has 0 unspecified atom stereocenters. The molecule has 0 saturated carbocycles. The van der Waals surface area contributed by atoms with E-state index in [9.17, 15) is 4.79 Å². The third-order valence-corrected chi connectivity index (χ3v) is 1.73. The largest absolute Gasteiger partial charge is 0.407 e. The van der Waals surface area contributed by atoms with Crippen molar-refractivity contribution in [1.29, 1.82) is 0 Å². The molecule has 0 aliphatic carbocycles. The smallest absolute Gasteiger partial charge is 0.309 e. The molecular weight excluding hydrogens is 166 g/mol. The second-order valence-corrected chi connectivity index (χ2v) is 2.77.